The van der Waals surface area contributed by atoms with Gasteiger partial charge in [-0.3, -0.25) is 24.1 Å². The van der Waals surface area contributed by atoms with Gasteiger partial charge in [0.1, 0.15) is 11.2 Å². The molecule has 19 heteroatoms. The third-order valence-electron chi connectivity index (χ3n) is 15.8. The minimum absolute atomic E-state index is 0.0358. The highest BCUT2D eigenvalue weighted by Crippen LogP contribution is 2.80. The number of ether oxygens (including phenoxy) is 5. The van der Waals surface area contributed by atoms with E-state index in [4.69, 9.17) is 44.1 Å². The Balaban J connectivity index is 0.000000387. The largest absolute Gasteiger partial charge is 0.481 e. The van der Waals surface area contributed by atoms with Crippen molar-refractivity contribution < 1.29 is 83.1 Å². The van der Waals surface area contributed by atoms with Crippen molar-refractivity contribution in [1.29, 1.82) is 0 Å². The summed E-state index contributed by atoms with van der Waals surface area (Å²) in [4.78, 5) is 73.8. The summed E-state index contributed by atoms with van der Waals surface area (Å²) in [5.41, 5.74) is -6.91. The summed E-state index contributed by atoms with van der Waals surface area (Å²) in [5.74, 6) is -7.49. The number of para-hydroxylation sites is 1. The number of piperidine rings is 1. The molecule has 4 unspecified atom stereocenters. The molecule has 7 fully saturated rings. The fraction of sp³-hybridized carbons (Fsp3) is 0.721. The number of aliphatic carboxylic acids is 3. The van der Waals surface area contributed by atoms with Gasteiger partial charge in [-0.15, -0.1) is 0 Å². The van der Waals surface area contributed by atoms with Crippen LogP contribution in [-0.2, 0) is 47.7 Å². The first kappa shape index (κ1) is 45.9. The quantitative estimate of drug-likeness (QED) is 0.111. The number of fused-ring (bicyclic) bond motifs is 2. The highest BCUT2D eigenvalue weighted by molar-refractivity contribution is 6.22. The molecule has 14 atom stereocenters. The number of imide groups is 1. The Bertz CT molecular complexity index is 1980. The number of aliphatic hydroxyl groups is 3. The molecule has 2 amide bonds. The number of carboxylic acid groups (broad SMARTS) is 3. The summed E-state index contributed by atoms with van der Waals surface area (Å²) < 4.78 is 31.4. The van der Waals surface area contributed by atoms with Gasteiger partial charge in [0.05, 0.1) is 61.2 Å². The number of carbonyl (C=O) groups is 6. The zero-order chi connectivity index (χ0) is 45.5. The van der Waals surface area contributed by atoms with Gasteiger partial charge in [0.2, 0.25) is 11.8 Å². The van der Waals surface area contributed by atoms with E-state index in [9.17, 15) is 39.0 Å². The van der Waals surface area contributed by atoms with Gasteiger partial charge in [0.15, 0.2) is 5.60 Å². The van der Waals surface area contributed by atoms with Crippen LogP contribution in [0.1, 0.15) is 69.2 Å². The first-order chi connectivity index (χ1) is 29.2. The number of anilines is 1. The summed E-state index contributed by atoms with van der Waals surface area (Å²) in [6.07, 6.45) is -1.48. The molecule has 5 saturated carbocycles. The number of nitrogens with zero attached hydrogens (tertiary/aromatic N) is 2. The lowest BCUT2D eigenvalue weighted by Gasteiger charge is -2.70. The number of benzene rings is 1. The first-order valence-electron chi connectivity index (χ1n) is 21.0. The SMILES string of the molecule is CCN1C[C@]2(COC(=O)c3ccccc3N3C(=O)C[C@H](C)C3=O)CCC(OC)C34C1C(O)([C@@H](OC)[C@@H]32)[C@@]1(O)C[C@H](OC)[C@H]2C[C@@H]4[C@@H]1[C@H]2OC.O=C(O)CC(O)(CC(=O)O)C(=O)O. The molecule has 2 heterocycles. The Morgan fingerprint density at radius 1 is 0.935 bits per heavy atom. The normalized spacial score (nSPS) is 40.2. The lowest BCUT2D eigenvalue weighted by Crippen LogP contribution is -2.82. The van der Waals surface area contributed by atoms with Crippen molar-refractivity contribution in [2.24, 2.45) is 40.4 Å². The number of methoxy groups -OCH3 is 4. The zero-order valence-electron chi connectivity index (χ0n) is 35.7. The molecule has 0 aromatic heterocycles. The number of amides is 2. The Labute approximate surface area is 358 Å². The molecule has 0 radical (unpaired) electrons. The second-order valence-electron chi connectivity index (χ2n) is 18.4. The lowest BCUT2D eigenvalue weighted by molar-refractivity contribution is -0.320. The van der Waals surface area contributed by atoms with Gasteiger partial charge in [-0.05, 0) is 43.9 Å². The van der Waals surface area contributed by atoms with Gasteiger partial charge in [0.25, 0.3) is 0 Å². The Morgan fingerprint density at radius 3 is 2.13 bits per heavy atom. The van der Waals surface area contributed by atoms with Crippen LogP contribution in [0.2, 0.25) is 0 Å². The van der Waals surface area contributed by atoms with Crippen molar-refractivity contribution in [2.45, 2.75) is 106 Å². The zero-order valence-corrected chi connectivity index (χ0v) is 35.7. The Kier molecular flexibility index (Phi) is 12.0. The van der Waals surface area contributed by atoms with E-state index in [0.717, 1.165) is 11.3 Å². The summed E-state index contributed by atoms with van der Waals surface area (Å²) in [6.45, 7) is 4.95. The van der Waals surface area contributed by atoms with Crippen LogP contribution in [0.5, 0.6) is 0 Å². The third-order valence-corrected chi connectivity index (χ3v) is 15.8. The number of likely N-dealkylation sites (tertiary alicyclic amines) is 1. The number of hydrogen-bond donors (Lipinski definition) is 6. The molecule has 6 N–H and O–H groups in total. The van der Waals surface area contributed by atoms with E-state index < -0.39 is 82.4 Å². The molecule has 5 aliphatic carbocycles. The van der Waals surface area contributed by atoms with Crippen molar-refractivity contribution in [3.63, 3.8) is 0 Å². The van der Waals surface area contributed by atoms with E-state index in [1.807, 2.05) is 0 Å². The summed E-state index contributed by atoms with van der Waals surface area (Å²) in [6, 6.07) is 6.12. The minimum atomic E-state index is -2.74. The molecule has 1 spiro atoms. The van der Waals surface area contributed by atoms with Crippen LogP contribution >= 0.6 is 0 Å². The fourth-order valence-corrected chi connectivity index (χ4v) is 13.9. The predicted molar refractivity (Wildman–Crippen MR) is 212 cm³/mol. The molecule has 7 aliphatic rings. The van der Waals surface area contributed by atoms with E-state index in [-0.39, 0.29) is 84.5 Å². The van der Waals surface area contributed by atoms with Crippen molar-refractivity contribution in [1.82, 2.24) is 4.90 Å². The number of esters is 1. The lowest BCUT2D eigenvalue weighted by atomic mass is 9.42. The summed E-state index contributed by atoms with van der Waals surface area (Å²) in [7, 11) is 6.70. The number of carboxylic acids is 3. The maximum Gasteiger partial charge on any atom is 0.340 e. The van der Waals surface area contributed by atoms with E-state index in [0.29, 0.717) is 25.9 Å². The summed E-state index contributed by atoms with van der Waals surface area (Å²) >= 11 is 0. The molecule has 1 aromatic carbocycles. The van der Waals surface area contributed by atoms with Gasteiger partial charge < -0.3 is 54.3 Å². The van der Waals surface area contributed by atoms with E-state index >= 15 is 0 Å². The van der Waals surface area contributed by atoms with Gasteiger partial charge in [-0.1, -0.05) is 26.0 Å². The number of carbonyl (C=O) groups excluding carboxylic acids is 3. The van der Waals surface area contributed by atoms with Gasteiger partial charge >= 0.3 is 23.9 Å². The monoisotopic (exact) mass is 874 g/mol. The van der Waals surface area contributed by atoms with Crippen LogP contribution in [-0.4, -0.2) is 167 Å². The third kappa shape index (κ3) is 6.28. The van der Waals surface area contributed by atoms with Gasteiger partial charge in [-0.2, -0.15) is 0 Å². The second-order valence-corrected chi connectivity index (χ2v) is 18.4. The second kappa shape index (κ2) is 16.2. The maximum absolute atomic E-state index is 14.1. The first-order valence-corrected chi connectivity index (χ1v) is 21.0. The van der Waals surface area contributed by atoms with Crippen molar-refractivity contribution in [2.75, 3.05) is 53.0 Å². The molecule has 1 aromatic rings. The predicted octanol–water partition coefficient (Wildman–Crippen LogP) is 0.787. The molecule has 8 rings (SSSR count). The molecule has 19 nitrogen and oxygen atoms in total. The van der Waals surface area contributed by atoms with E-state index in [2.05, 4.69) is 11.8 Å². The molecule has 342 valence electrons. The summed E-state index contributed by atoms with van der Waals surface area (Å²) in [5, 5.41) is 60.4. The number of likely N-dealkylation sites (N-methyl/N-ethyl adjacent to an activating group) is 1. The molecule has 62 heavy (non-hydrogen) atoms. The average Bonchev–Trinajstić information content (AvgIpc) is 3.75. The molecule has 2 aliphatic heterocycles. The fourth-order valence-electron chi connectivity index (χ4n) is 13.9. The number of hydrogen-bond acceptors (Lipinski definition) is 15. The average molecular weight is 875 g/mol. The smallest absolute Gasteiger partial charge is 0.340 e. The minimum Gasteiger partial charge on any atom is -0.481 e. The number of rotatable bonds is 14. The maximum atomic E-state index is 14.1. The molecule has 7 bridgehead atoms. The van der Waals surface area contributed by atoms with Crippen LogP contribution in [0, 0.1) is 40.4 Å². The Morgan fingerprint density at radius 2 is 1.60 bits per heavy atom. The van der Waals surface area contributed by atoms with Crippen LogP contribution < -0.4 is 4.90 Å². The van der Waals surface area contributed by atoms with Crippen LogP contribution in [0.3, 0.4) is 0 Å². The van der Waals surface area contributed by atoms with Crippen molar-refractivity contribution >= 4 is 41.4 Å². The standard InChI is InChI=1S/C37H50N2O10.C6H8O7/c1-7-38-17-34(18-49-32(42)20-10-8-9-11-23(20)39-26(40)14-19(2)31(39)41)13-12-25(46-4)36-22-15-21-24(45-3)16-35(43,27(22)28(21)47-5)37(44,33(36)38)30(48-6)29(34)36;7-3(8)1-6(13,5(11)12)2-4(9)10/h8-11,19,21-22,24-25,27-30,33,43-44H,7,12-18H2,1-6H3;13H,1-2H2,(H,7,8)(H,9,10)(H,11,12)/t19-,21+,22+,24-,25?,27+,28-,29+,30-,33?,34-,35+,36?,37?;/m0./s1. The van der Waals surface area contributed by atoms with Crippen LogP contribution in [0.15, 0.2) is 24.3 Å². The van der Waals surface area contributed by atoms with Crippen LogP contribution in [0.25, 0.3) is 0 Å². The molecular weight excluding hydrogens is 816 g/mol. The van der Waals surface area contributed by atoms with E-state index in [1.54, 1.807) is 59.6 Å². The van der Waals surface area contributed by atoms with Crippen molar-refractivity contribution in [3.05, 3.63) is 29.8 Å². The highest BCUT2D eigenvalue weighted by atomic mass is 16.5. The van der Waals surface area contributed by atoms with Gasteiger partial charge in [0, 0.05) is 82.3 Å². The van der Waals surface area contributed by atoms with Crippen molar-refractivity contribution in [3.8, 4) is 0 Å². The topological polar surface area (TPSA) is 276 Å². The highest BCUT2D eigenvalue weighted by Gasteiger charge is 2.91. The van der Waals surface area contributed by atoms with E-state index in [1.165, 1.54) is 0 Å². The molecule has 2 saturated heterocycles. The molecular formula is C43H58N2O17. The van der Waals surface area contributed by atoms with Gasteiger partial charge in [-0.25, -0.2) is 14.5 Å². The van der Waals surface area contributed by atoms with Crippen LogP contribution in [0.4, 0.5) is 5.69 Å². The Hall–Kier alpha value is -4.08.